The third-order valence-corrected chi connectivity index (χ3v) is 2.68. The molecule has 2 heterocycles. The molecule has 0 radical (unpaired) electrons. The van der Waals surface area contributed by atoms with E-state index in [1.165, 1.54) is 0 Å². The standard InChI is InChI=1S/C10H16N2O2/c1-7-8(2)14-10(11-7)6-12-4-3-9(13)5-12/h9,13H,3-6H2,1-2H3/t9-/m0/s1. The van der Waals surface area contributed by atoms with Gasteiger partial charge in [-0.15, -0.1) is 0 Å². The summed E-state index contributed by atoms with van der Waals surface area (Å²) < 4.78 is 5.48. The lowest BCUT2D eigenvalue weighted by molar-refractivity contribution is 0.171. The Hall–Kier alpha value is -0.870. The third kappa shape index (κ3) is 1.96. The Kier molecular flexibility index (Phi) is 2.56. The first-order chi connectivity index (χ1) is 6.65. The van der Waals surface area contributed by atoms with Gasteiger partial charge in [-0.25, -0.2) is 4.98 Å². The topological polar surface area (TPSA) is 49.5 Å². The summed E-state index contributed by atoms with van der Waals surface area (Å²) in [5.41, 5.74) is 0.958. The van der Waals surface area contributed by atoms with E-state index in [1.54, 1.807) is 0 Å². The average molecular weight is 196 g/mol. The predicted octanol–water partition coefficient (Wildman–Crippen LogP) is 0.858. The first-order valence-electron chi connectivity index (χ1n) is 4.98. The molecule has 0 aliphatic carbocycles. The Morgan fingerprint density at radius 3 is 2.86 bits per heavy atom. The van der Waals surface area contributed by atoms with Gasteiger partial charge in [0, 0.05) is 13.1 Å². The summed E-state index contributed by atoms with van der Waals surface area (Å²) in [5.74, 6) is 1.65. The second-order valence-electron chi connectivity index (χ2n) is 3.93. The zero-order chi connectivity index (χ0) is 10.1. The van der Waals surface area contributed by atoms with Crippen LogP contribution in [0.3, 0.4) is 0 Å². The van der Waals surface area contributed by atoms with E-state index in [-0.39, 0.29) is 6.10 Å². The number of hydrogen-bond acceptors (Lipinski definition) is 4. The first-order valence-corrected chi connectivity index (χ1v) is 4.98. The summed E-state index contributed by atoms with van der Waals surface area (Å²) >= 11 is 0. The number of oxazole rings is 1. The van der Waals surface area contributed by atoms with E-state index < -0.39 is 0 Å². The van der Waals surface area contributed by atoms with Crippen molar-refractivity contribution in [1.82, 2.24) is 9.88 Å². The molecule has 1 aromatic heterocycles. The van der Waals surface area contributed by atoms with E-state index in [4.69, 9.17) is 4.42 Å². The zero-order valence-electron chi connectivity index (χ0n) is 8.66. The molecule has 14 heavy (non-hydrogen) atoms. The second-order valence-corrected chi connectivity index (χ2v) is 3.93. The quantitative estimate of drug-likeness (QED) is 0.762. The van der Waals surface area contributed by atoms with Gasteiger partial charge in [-0.05, 0) is 20.3 Å². The summed E-state index contributed by atoms with van der Waals surface area (Å²) in [6.07, 6.45) is 0.686. The number of hydrogen-bond donors (Lipinski definition) is 1. The Morgan fingerprint density at radius 1 is 1.57 bits per heavy atom. The van der Waals surface area contributed by atoms with E-state index in [9.17, 15) is 5.11 Å². The smallest absolute Gasteiger partial charge is 0.208 e. The minimum Gasteiger partial charge on any atom is -0.444 e. The monoisotopic (exact) mass is 196 g/mol. The SMILES string of the molecule is Cc1nc(CN2CC[C@H](O)C2)oc1C. The molecule has 78 valence electrons. The van der Waals surface area contributed by atoms with Crippen molar-refractivity contribution in [3.63, 3.8) is 0 Å². The summed E-state index contributed by atoms with van der Waals surface area (Å²) in [5, 5.41) is 9.34. The van der Waals surface area contributed by atoms with Gasteiger partial charge in [0.05, 0.1) is 18.3 Å². The fourth-order valence-electron chi connectivity index (χ4n) is 1.75. The summed E-state index contributed by atoms with van der Waals surface area (Å²) in [6, 6.07) is 0. The predicted molar refractivity (Wildman–Crippen MR) is 51.9 cm³/mol. The average Bonchev–Trinajstić information content (AvgIpc) is 2.62. The van der Waals surface area contributed by atoms with Crippen LogP contribution >= 0.6 is 0 Å². The van der Waals surface area contributed by atoms with Gasteiger partial charge in [-0.2, -0.15) is 0 Å². The molecule has 1 aliphatic rings. The molecule has 1 saturated heterocycles. The minimum absolute atomic E-state index is 0.174. The maximum atomic E-state index is 9.34. The largest absolute Gasteiger partial charge is 0.444 e. The van der Waals surface area contributed by atoms with Crippen molar-refractivity contribution in [2.45, 2.75) is 32.9 Å². The van der Waals surface area contributed by atoms with Crippen LogP contribution in [0.25, 0.3) is 0 Å². The molecule has 0 aromatic carbocycles. The van der Waals surface area contributed by atoms with Gasteiger partial charge in [0.15, 0.2) is 0 Å². The number of aryl methyl sites for hydroxylation is 2. The second kappa shape index (κ2) is 3.71. The number of aromatic nitrogens is 1. The zero-order valence-corrected chi connectivity index (χ0v) is 8.66. The molecule has 1 fully saturated rings. The van der Waals surface area contributed by atoms with Crippen molar-refractivity contribution in [2.75, 3.05) is 13.1 Å². The van der Waals surface area contributed by atoms with E-state index in [0.29, 0.717) is 6.54 Å². The van der Waals surface area contributed by atoms with Crippen molar-refractivity contribution < 1.29 is 9.52 Å². The van der Waals surface area contributed by atoms with Gasteiger partial charge in [-0.3, -0.25) is 4.90 Å². The highest BCUT2D eigenvalue weighted by atomic mass is 16.4. The van der Waals surface area contributed by atoms with Gasteiger partial charge >= 0.3 is 0 Å². The van der Waals surface area contributed by atoms with Crippen molar-refractivity contribution in [3.05, 3.63) is 17.3 Å². The molecule has 4 heteroatoms. The van der Waals surface area contributed by atoms with Gasteiger partial charge in [0.1, 0.15) is 5.76 Å². The Morgan fingerprint density at radius 2 is 2.36 bits per heavy atom. The van der Waals surface area contributed by atoms with Crippen LogP contribution in [0.2, 0.25) is 0 Å². The number of likely N-dealkylation sites (tertiary alicyclic amines) is 1. The van der Waals surface area contributed by atoms with E-state index >= 15 is 0 Å². The van der Waals surface area contributed by atoms with Crippen LogP contribution in [-0.2, 0) is 6.54 Å². The van der Waals surface area contributed by atoms with Gasteiger partial charge in [-0.1, -0.05) is 0 Å². The molecule has 0 saturated carbocycles. The highest BCUT2D eigenvalue weighted by molar-refractivity contribution is 5.05. The highest BCUT2D eigenvalue weighted by Gasteiger charge is 2.21. The maximum Gasteiger partial charge on any atom is 0.208 e. The molecule has 4 nitrogen and oxygen atoms in total. The highest BCUT2D eigenvalue weighted by Crippen LogP contribution is 2.15. The number of aliphatic hydroxyl groups is 1. The molecule has 0 spiro atoms. The van der Waals surface area contributed by atoms with Crippen LogP contribution in [0.1, 0.15) is 23.8 Å². The third-order valence-electron chi connectivity index (χ3n) is 2.68. The number of rotatable bonds is 2. The lowest BCUT2D eigenvalue weighted by atomic mass is 10.3. The van der Waals surface area contributed by atoms with Crippen LogP contribution in [0.4, 0.5) is 0 Å². The van der Waals surface area contributed by atoms with Crippen molar-refractivity contribution in [1.29, 1.82) is 0 Å². The molecule has 1 aromatic rings. The Labute approximate surface area is 83.5 Å². The molecular formula is C10H16N2O2. The van der Waals surface area contributed by atoms with E-state index in [1.807, 2.05) is 13.8 Å². The van der Waals surface area contributed by atoms with E-state index in [2.05, 4.69) is 9.88 Å². The van der Waals surface area contributed by atoms with Gasteiger partial charge < -0.3 is 9.52 Å². The van der Waals surface area contributed by atoms with Crippen LogP contribution in [-0.4, -0.2) is 34.2 Å². The van der Waals surface area contributed by atoms with Crippen LogP contribution in [0, 0.1) is 13.8 Å². The minimum atomic E-state index is -0.174. The van der Waals surface area contributed by atoms with Crippen LogP contribution < -0.4 is 0 Å². The summed E-state index contributed by atoms with van der Waals surface area (Å²) in [4.78, 5) is 6.47. The lowest BCUT2D eigenvalue weighted by Crippen LogP contribution is -2.21. The normalized spacial score (nSPS) is 23.2. The molecule has 0 bridgehead atoms. The molecule has 1 N–H and O–H groups in total. The Balaban J connectivity index is 1.97. The number of β-amino-alcohol motifs (C(OH)–C–C–N with tert-alkyl or cyclic N) is 1. The van der Waals surface area contributed by atoms with Crippen molar-refractivity contribution in [2.24, 2.45) is 0 Å². The van der Waals surface area contributed by atoms with Gasteiger partial charge in [0.2, 0.25) is 5.89 Å². The first kappa shape index (κ1) is 9.68. The summed E-state index contributed by atoms with van der Waals surface area (Å²) in [6.45, 7) is 6.25. The molecule has 2 rings (SSSR count). The lowest BCUT2D eigenvalue weighted by Gasteiger charge is -2.11. The number of aliphatic hydroxyl groups excluding tert-OH is 1. The summed E-state index contributed by atoms with van der Waals surface area (Å²) in [7, 11) is 0. The Bertz CT molecular complexity index is 302. The fraction of sp³-hybridized carbons (Fsp3) is 0.700. The molecular weight excluding hydrogens is 180 g/mol. The molecule has 0 amide bonds. The van der Waals surface area contributed by atoms with Crippen molar-refractivity contribution >= 4 is 0 Å². The van der Waals surface area contributed by atoms with Crippen molar-refractivity contribution in [3.8, 4) is 0 Å². The van der Waals surface area contributed by atoms with E-state index in [0.717, 1.165) is 36.9 Å². The van der Waals surface area contributed by atoms with Crippen LogP contribution in [0.15, 0.2) is 4.42 Å². The fourth-order valence-corrected chi connectivity index (χ4v) is 1.75. The van der Waals surface area contributed by atoms with Crippen LogP contribution in [0.5, 0.6) is 0 Å². The number of nitrogens with zero attached hydrogens (tertiary/aromatic N) is 2. The molecule has 0 unspecified atom stereocenters. The molecule has 1 atom stereocenters. The maximum absolute atomic E-state index is 9.34. The van der Waals surface area contributed by atoms with Gasteiger partial charge in [0.25, 0.3) is 0 Å². The molecule has 1 aliphatic heterocycles.